The summed E-state index contributed by atoms with van der Waals surface area (Å²) < 4.78 is 0. The van der Waals surface area contributed by atoms with Gasteiger partial charge in [0.2, 0.25) is 0 Å². The molecule has 18 heavy (non-hydrogen) atoms. The van der Waals surface area contributed by atoms with Crippen LogP contribution in [0.5, 0.6) is 11.5 Å². The molecule has 0 spiro atoms. The van der Waals surface area contributed by atoms with Crippen LogP contribution in [-0.4, -0.2) is 69.3 Å². The van der Waals surface area contributed by atoms with E-state index in [1.807, 2.05) is 36.4 Å². The van der Waals surface area contributed by atoms with E-state index in [-0.39, 0.29) is 64.9 Å². The van der Waals surface area contributed by atoms with Gasteiger partial charge in [0.15, 0.2) is 0 Å². The molecule has 2 aromatic carbocycles. The summed E-state index contributed by atoms with van der Waals surface area (Å²) in [4.78, 5) is 0. The summed E-state index contributed by atoms with van der Waals surface area (Å²) in [5.74, 6) is 0.590. The molecule has 0 fully saturated rings. The normalized spacial score (nSPS) is 12.4. The molecule has 2 aromatic rings. The maximum atomic E-state index is 10.2. The van der Waals surface area contributed by atoms with Crippen LogP contribution in [0.25, 0.3) is 16.8 Å². The van der Waals surface area contributed by atoms with Crippen molar-refractivity contribution in [1.82, 2.24) is 0 Å². The third-order valence-electron chi connectivity index (χ3n) is 3.15. The second-order valence-corrected chi connectivity index (χ2v) is 4.08. The van der Waals surface area contributed by atoms with Gasteiger partial charge in [-0.1, -0.05) is 36.4 Å². The fraction of sp³-hybridized carbons (Fsp3) is 0.143. The monoisotopic (exact) mass is 258 g/mol. The Hall–Kier alpha value is 0.0400. The predicted molar refractivity (Wildman–Crippen MR) is 76.1 cm³/mol. The number of phenolic OH excluding ortho intramolecular Hbond substituents is 2. The average molecular weight is 258 g/mol. The summed E-state index contributed by atoms with van der Waals surface area (Å²) in [5, 5.41) is 21.8. The van der Waals surface area contributed by atoms with Gasteiger partial charge in [-0.25, -0.2) is 0 Å². The van der Waals surface area contributed by atoms with E-state index in [2.05, 4.69) is 0 Å². The Balaban J connectivity index is 0.000000810. The fourth-order valence-electron chi connectivity index (χ4n) is 2.34. The van der Waals surface area contributed by atoms with Crippen molar-refractivity contribution in [3.8, 4) is 11.5 Å². The standard InChI is InChI=1S/C14H12O2.2Na/c15-13-9-5-1-2-6-10(9)14(16)12-8-4-3-7-11(12)13;;/h1-3,5-7,15-16H,4,8H2;;. The summed E-state index contributed by atoms with van der Waals surface area (Å²) in [6, 6.07) is 7.39. The summed E-state index contributed by atoms with van der Waals surface area (Å²) >= 11 is 0. The first kappa shape index (κ1) is 16.1. The minimum absolute atomic E-state index is 0. The molecule has 3 rings (SSSR count). The van der Waals surface area contributed by atoms with Crippen molar-refractivity contribution in [3.63, 3.8) is 0 Å². The van der Waals surface area contributed by atoms with Crippen molar-refractivity contribution in [2.24, 2.45) is 0 Å². The molecule has 82 valence electrons. The van der Waals surface area contributed by atoms with Crippen LogP contribution < -0.4 is 0 Å². The first-order valence-electron chi connectivity index (χ1n) is 5.41. The molecule has 2 radical (unpaired) electrons. The number of rotatable bonds is 0. The fourth-order valence-corrected chi connectivity index (χ4v) is 2.34. The van der Waals surface area contributed by atoms with Crippen molar-refractivity contribution in [1.29, 1.82) is 0 Å². The van der Waals surface area contributed by atoms with Crippen LogP contribution >= 0.6 is 0 Å². The summed E-state index contributed by atoms with van der Waals surface area (Å²) in [5.41, 5.74) is 1.63. The van der Waals surface area contributed by atoms with Gasteiger partial charge in [-0.3, -0.25) is 0 Å². The molecular formula is C14H12Na2O2. The molecule has 0 aromatic heterocycles. The van der Waals surface area contributed by atoms with Crippen LogP contribution in [0.4, 0.5) is 0 Å². The number of hydrogen-bond donors (Lipinski definition) is 2. The van der Waals surface area contributed by atoms with Crippen LogP contribution in [0.1, 0.15) is 17.5 Å². The van der Waals surface area contributed by atoms with Crippen molar-refractivity contribution in [3.05, 3.63) is 41.5 Å². The van der Waals surface area contributed by atoms with E-state index in [9.17, 15) is 10.2 Å². The molecule has 0 amide bonds. The van der Waals surface area contributed by atoms with Crippen molar-refractivity contribution in [2.75, 3.05) is 0 Å². The van der Waals surface area contributed by atoms with Gasteiger partial charge in [0, 0.05) is 81.0 Å². The Labute approximate surface area is 150 Å². The number of phenols is 2. The molecule has 0 bridgehead atoms. The second kappa shape index (κ2) is 6.47. The molecule has 1 aliphatic rings. The van der Waals surface area contributed by atoms with E-state index < -0.39 is 0 Å². The molecule has 0 aliphatic heterocycles. The maximum Gasteiger partial charge on any atom is 0.131 e. The van der Waals surface area contributed by atoms with E-state index >= 15 is 0 Å². The van der Waals surface area contributed by atoms with Gasteiger partial charge in [-0.15, -0.1) is 0 Å². The van der Waals surface area contributed by atoms with Gasteiger partial charge in [-0.2, -0.15) is 0 Å². The molecule has 0 saturated heterocycles. The third kappa shape index (κ3) is 2.51. The van der Waals surface area contributed by atoms with Crippen molar-refractivity contribution < 1.29 is 10.2 Å². The van der Waals surface area contributed by atoms with E-state index in [0.29, 0.717) is 11.1 Å². The predicted octanol–water partition coefficient (Wildman–Crippen LogP) is 2.45. The number of allylic oxidation sites excluding steroid dienone is 1. The smallest absolute Gasteiger partial charge is 0.131 e. The molecule has 0 atom stereocenters. The van der Waals surface area contributed by atoms with E-state index in [4.69, 9.17) is 0 Å². The quantitative estimate of drug-likeness (QED) is 0.563. The summed E-state index contributed by atoms with van der Waals surface area (Å²) in [7, 11) is 0. The van der Waals surface area contributed by atoms with Crippen LogP contribution in [0, 0.1) is 0 Å². The Kier molecular flexibility index (Phi) is 5.78. The molecule has 1 aliphatic carbocycles. The summed E-state index contributed by atoms with van der Waals surface area (Å²) in [6.45, 7) is 0. The summed E-state index contributed by atoms with van der Waals surface area (Å²) in [6.07, 6.45) is 5.62. The van der Waals surface area contributed by atoms with Crippen LogP contribution in [0.2, 0.25) is 0 Å². The van der Waals surface area contributed by atoms with Crippen molar-refractivity contribution in [2.45, 2.75) is 12.8 Å². The SMILES string of the molecule is Oc1c2c(c(O)c3ccccc13)CCC=C2.[Na].[Na]. The third-order valence-corrected chi connectivity index (χ3v) is 3.15. The Morgan fingerprint density at radius 1 is 0.889 bits per heavy atom. The topological polar surface area (TPSA) is 40.5 Å². The van der Waals surface area contributed by atoms with Crippen LogP contribution in [-0.2, 0) is 6.42 Å². The Bertz CT molecular complexity index is 606. The van der Waals surface area contributed by atoms with Gasteiger partial charge in [0.1, 0.15) is 11.5 Å². The van der Waals surface area contributed by atoms with Crippen LogP contribution in [0.15, 0.2) is 30.3 Å². The minimum Gasteiger partial charge on any atom is -0.507 e. The van der Waals surface area contributed by atoms with E-state index in [1.54, 1.807) is 0 Å². The number of aromatic hydroxyl groups is 2. The molecule has 0 saturated carbocycles. The molecule has 2 N–H and O–H groups in total. The van der Waals surface area contributed by atoms with Gasteiger partial charge in [0.25, 0.3) is 0 Å². The average Bonchev–Trinajstić information content (AvgIpc) is 2.36. The molecule has 0 heterocycles. The molecule has 0 unspecified atom stereocenters. The van der Waals surface area contributed by atoms with Crippen molar-refractivity contribution >= 4 is 76.0 Å². The zero-order valence-corrected chi connectivity index (χ0v) is 14.8. The largest absolute Gasteiger partial charge is 0.507 e. The zero-order valence-electron chi connectivity index (χ0n) is 10.8. The maximum absolute atomic E-state index is 10.2. The first-order chi connectivity index (χ1) is 7.79. The molecular weight excluding hydrogens is 246 g/mol. The van der Waals surface area contributed by atoms with Crippen LogP contribution in [0.3, 0.4) is 0 Å². The molecule has 4 heteroatoms. The van der Waals surface area contributed by atoms with E-state index in [0.717, 1.165) is 29.4 Å². The first-order valence-corrected chi connectivity index (χ1v) is 5.41. The number of hydrogen-bond acceptors (Lipinski definition) is 2. The molecule has 2 nitrogen and oxygen atoms in total. The second-order valence-electron chi connectivity index (χ2n) is 4.08. The Morgan fingerprint density at radius 3 is 2.17 bits per heavy atom. The van der Waals surface area contributed by atoms with Gasteiger partial charge in [-0.05, 0) is 12.8 Å². The minimum atomic E-state index is 0. The van der Waals surface area contributed by atoms with Gasteiger partial charge in [0.05, 0.1) is 0 Å². The Morgan fingerprint density at radius 2 is 1.50 bits per heavy atom. The zero-order chi connectivity index (χ0) is 11.1. The van der Waals surface area contributed by atoms with Gasteiger partial charge < -0.3 is 10.2 Å². The van der Waals surface area contributed by atoms with Gasteiger partial charge >= 0.3 is 0 Å². The van der Waals surface area contributed by atoms with E-state index in [1.165, 1.54) is 0 Å². The number of benzene rings is 2. The number of fused-ring (bicyclic) bond motifs is 2.